The van der Waals surface area contributed by atoms with Gasteiger partial charge in [0.2, 0.25) is 5.91 Å². The topological polar surface area (TPSA) is 55.1 Å². The van der Waals surface area contributed by atoms with Gasteiger partial charge >= 0.3 is 0 Å². The Morgan fingerprint density at radius 3 is 2.60 bits per heavy atom. The number of nitrogens with one attached hydrogen (secondary N) is 1. The molecule has 1 rings (SSSR count). The molecule has 0 atom stereocenters. The SMILES string of the molecule is NCC(=O)NC1CCCC1. The molecular weight excluding hydrogens is 128 g/mol. The second-order valence-electron chi connectivity index (χ2n) is 2.75. The Bertz CT molecular complexity index is 119. The van der Waals surface area contributed by atoms with E-state index in [1.54, 1.807) is 0 Å². The number of carbonyl (C=O) groups is 1. The molecule has 3 N–H and O–H groups in total. The third-order valence-corrected chi connectivity index (χ3v) is 1.91. The van der Waals surface area contributed by atoms with Crippen LogP contribution in [0.15, 0.2) is 0 Å². The van der Waals surface area contributed by atoms with Crippen molar-refractivity contribution in [2.45, 2.75) is 31.7 Å². The average Bonchev–Trinajstić information content (AvgIpc) is 2.40. The lowest BCUT2D eigenvalue weighted by atomic mass is 10.2. The summed E-state index contributed by atoms with van der Waals surface area (Å²) >= 11 is 0. The molecular formula is C7H14N2O. The fourth-order valence-corrected chi connectivity index (χ4v) is 1.36. The first kappa shape index (κ1) is 7.54. The van der Waals surface area contributed by atoms with Gasteiger partial charge in [-0.25, -0.2) is 0 Å². The molecule has 10 heavy (non-hydrogen) atoms. The van der Waals surface area contributed by atoms with Crippen molar-refractivity contribution >= 4 is 5.91 Å². The van der Waals surface area contributed by atoms with E-state index in [1.807, 2.05) is 0 Å². The van der Waals surface area contributed by atoms with Gasteiger partial charge in [-0.15, -0.1) is 0 Å². The van der Waals surface area contributed by atoms with Crippen LogP contribution in [0.2, 0.25) is 0 Å². The summed E-state index contributed by atoms with van der Waals surface area (Å²) in [6.45, 7) is 0.122. The first-order valence-corrected chi connectivity index (χ1v) is 3.82. The van der Waals surface area contributed by atoms with Gasteiger partial charge < -0.3 is 11.1 Å². The first-order valence-electron chi connectivity index (χ1n) is 3.82. The first-order chi connectivity index (χ1) is 4.83. The Kier molecular flexibility index (Phi) is 2.68. The van der Waals surface area contributed by atoms with Gasteiger partial charge in [0.15, 0.2) is 0 Å². The second-order valence-corrected chi connectivity index (χ2v) is 2.75. The van der Waals surface area contributed by atoms with E-state index in [1.165, 1.54) is 12.8 Å². The molecule has 0 heterocycles. The van der Waals surface area contributed by atoms with Crippen molar-refractivity contribution in [1.29, 1.82) is 0 Å². The summed E-state index contributed by atoms with van der Waals surface area (Å²) in [5, 5.41) is 2.86. The number of hydrogen-bond acceptors (Lipinski definition) is 2. The van der Waals surface area contributed by atoms with Crippen molar-refractivity contribution < 1.29 is 4.79 Å². The smallest absolute Gasteiger partial charge is 0.233 e. The summed E-state index contributed by atoms with van der Waals surface area (Å²) in [6, 6.07) is 0.413. The second kappa shape index (κ2) is 3.56. The van der Waals surface area contributed by atoms with E-state index in [-0.39, 0.29) is 12.5 Å². The van der Waals surface area contributed by atoms with E-state index in [2.05, 4.69) is 5.32 Å². The molecule has 1 fully saturated rings. The zero-order valence-electron chi connectivity index (χ0n) is 6.10. The van der Waals surface area contributed by atoms with Gasteiger partial charge in [-0.3, -0.25) is 4.79 Å². The lowest BCUT2D eigenvalue weighted by Gasteiger charge is -2.09. The largest absolute Gasteiger partial charge is 0.352 e. The van der Waals surface area contributed by atoms with E-state index < -0.39 is 0 Å². The summed E-state index contributed by atoms with van der Waals surface area (Å²) in [6.07, 6.45) is 4.75. The fourth-order valence-electron chi connectivity index (χ4n) is 1.36. The van der Waals surface area contributed by atoms with Crippen LogP contribution in [0.25, 0.3) is 0 Å². The van der Waals surface area contributed by atoms with Crippen molar-refractivity contribution in [1.82, 2.24) is 5.32 Å². The van der Waals surface area contributed by atoms with Crippen LogP contribution in [-0.4, -0.2) is 18.5 Å². The molecule has 58 valence electrons. The third kappa shape index (κ3) is 1.99. The standard InChI is InChI=1S/C7H14N2O/c8-5-7(10)9-6-3-1-2-4-6/h6H,1-5,8H2,(H,9,10). The van der Waals surface area contributed by atoms with Crippen LogP contribution in [0.4, 0.5) is 0 Å². The zero-order valence-corrected chi connectivity index (χ0v) is 6.10. The molecule has 0 bridgehead atoms. The highest BCUT2D eigenvalue weighted by Crippen LogP contribution is 2.17. The van der Waals surface area contributed by atoms with Crippen LogP contribution < -0.4 is 11.1 Å². The summed E-state index contributed by atoms with van der Waals surface area (Å²) in [7, 11) is 0. The molecule has 0 spiro atoms. The number of amides is 1. The minimum Gasteiger partial charge on any atom is -0.352 e. The van der Waals surface area contributed by atoms with Gasteiger partial charge in [-0.05, 0) is 12.8 Å². The highest BCUT2D eigenvalue weighted by atomic mass is 16.1. The highest BCUT2D eigenvalue weighted by molar-refractivity contribution is 5.78. The van der Waals surface area contributed by atoms with Gasteiger partial charge in [0, 0.05) is 6.04 Å². The maximum absolute atomic E-state index is 10.7. The number of nitrogens with two attached hydrogens (primary N) is 1. The van der Waals surface area contributed by atoms with E-state index in [0.717, 1.165) is 12.8 Å². The monoisotopic (exact) mass is 142 g/mol. The van der Waals surface area contributed by atoms with Gasteiger partial charge in [-0.1, -0.05) is 12.8 Å². The highest BCUT2D eigenvalue weighted by Gasteiger charge is 2.15. The molecule has 3 heteroatoms. The molecule has 1 aliphatic rings. The van der Waals surface area contributed by atoms with Crippen LogP contribution in [0.1, 0.15) is 25.7 Å². The Balaban J connectivity index is 2.17. The van der Waals surface area contributed by atoms with E-state index in [0.29, 0.717) is 6.04 Å². The predicted molar refractivity (Wildman–Crippen MR) is 39.5 cm³/mol. The van der Waals surface area contributed by atoms with Crippen LogP contribution in [-0.2, 0) is 4.79 Å². The van der Waals surface area contributed by atoms with Gasteiger partial charge in [0.1, 0.15) is 0 Å². The van der Waals surface area contributed by atoms with Gasteiger partial charge in [0.25, 0.3) is 0 Å². The molecule has 1 aliphatic carbocycles. The number of hydrogen-bond donors (Lipinski definition) is 2. The maximum Gasteiger partial charge on any atom is 0.233 e. The molecule has 0 unspecified atom stereocenters. The summed E-state index contributed by atoms with van der Waals surface area (Å²) in [5.41, 5.74) is 5.14. The normalized spacial score (nSPS) is 19.3. The van der Waals surface area contributed by atoms with Crippen molar-refractivity contribution in [3.05, 3.63) is 0 Å². The van der Waals surface area contributed by atoms with Crippen molar-refractivity contribution in [2.24, 2.45) is 5.73 Å². The number of carbonyl (C=O) groups excluding carboxylic acids is 1. The average molecular weight is 142 g/mol. The van der Waals surface area contributed by atoms with E-state index in [9.17, 15) is 4.79 Å². The van der Waals surface area contributed by atoms with E-state index in [4.69, 9.17) is 5.73 Å². The van der Waals surface area contributed by atoms with E-state index >= 15 is 0 Å². The maximum atomic E-state index is 10.7. The molecule has 3 nitrogen and oxygen atoms in total. The minimum absolute atomic E-state index is 0.0214. The molecule has 1 amide bonds. The molecule has 0 aromatic rings. The zero-order chi connectivity index (χ0) is 7.40. The minimum atomic E-state index is -0.0214. The summed E-state index contributed by atoms with van der Waals surface area (Å²) < 4.78 is 0. The van der Waals surface area contributed by atoms with Gasteiger partial charge in [0.05, 0.1) is 6.54 Å². The summed E-state index contributed by atoms with van der Waals surface area (Å²) in [4.78, 5) is 10.7. The molecule has 0 aromatic heterocycles. The van der Waals surface area contributed by atoms with Crippen LogP contribution in [0, 0.1) is 0 Å². The Morgan fingerprint density at radius 2 is 2.10 bits per heavy atom. The predicted octanol–water partition coefficient (Wildman–Crippen LogP) is 0.00390. The van der Waals surface area contributed by atoms with Crippen molar-refractivity contribution in [3.63, 3.8) is 0 Å². The molecule has 0 saturated heterocycles. The lowest BCUT2D eigenvalue weighted by molar-refractivity contribution is -0.120. The Labute approximate surface area is 61.0 Å². The Morgan fingerprint density at radius 1 is 1.50 bits per heavy atom. The molecule has 0 aliphatic heterocycles. The van der Waals surface area contributed by atoms with Gasteiger partial charge in [-0.2, -0.15) is 0 Å². The Hall–Kier alpha value is -0.570. The third-order valence-electron chi connectivity index (χ3n) is 1.91. The molecule has 1 saturated carbocycles. The number of rotatable bonds is 2. The molecule has 0 radical (unpaired) electrons. The van der Waals surface area contributed by atoms with Crippen LogP contribution >= 0.6 is 0 Å². The van der Waals surface area contributed by atoms with Crippen LogP contribution in [0.5, 0.6) is 0 Å². The van der Waals surface area contributed by atoms with Crippen molar-refractivity contribution in [2.75, 3.05) is 6.54 Å². The van der Waals surface area contributed by atoms with Crippen molar-refractivity contribution in [3.8, 4) is 0 Å². The quantitative estimate of drug-likeness (QED) is 0.570. The van der Waals surface area contributed by atoms with Crippen LogP contribution in [0.3, 0.4) is 0 Å². The summed E-state index contributed by atoms with van der Waals surface area (Å²) in [5.74, 6) is -0.0214. The fraction of sp³-hybridized carbons (Fsp3) is 0.857. The molecule has 0 aromatic carbocycles. The lowest BCUT2D eigenvalue weighted by Crippen LogP contribution is -2.36.